The molecule has 1 aliphatic heterocycles. The Morgan fingerprint density at radius 3 is 3.23 bits per heavy atom. The molecule has 8 heteroatoms. The zero-order valence-corrected chi connectivity index (χ0v) is 14.4. The summed E-state index contributed by atoms with van der Waals surface area (Å²) in [5, 5.41) is 2.90. The summed E-state index contributed by atoms with van der Waals surface area (Å²) in [5.74, 6) is 0.664. The van der Waals surface area contributed by atoms with Gasteiger partial charge >= 0.3 is 0 Å². The van der Waals surface area contributed by atoms with Crippen LogP contribution in [0.25, 0.3) is 11.0 Å². The number of hydrogen-bond donors (Lipinski definition) is 2. The summed E-state index contributed by atoms with van der Waals surface area (Å²) in [6.07, 6.45) is 3.93. The Morgan fingerprint density at radius 1 is 1.50 bits per heavy atom. The van der Waals surface area contributed by atoms with E-state index in [4.69, 9.17) is 4.74 Å². The first-order chi connectivity index (χ1) is 12.7. The van der Waals surface area contributed by atoms with Gasteiger partial charge in [-0.2, -0.15) is 0 Å². The molecule has 0 unspecified atom stereocenters. The molecule has 2 atom stereocenters. The molecule has 136 valence electrons. The van der Waals surface area contributed by atoms with Crippen molar-refractivity contribution >= 4 is 16.9 Å². The third kappa shape index (κ3) is 3.08. The average molecular weight is 357 g/mol. The topological polar surface area (TPSA) is 84.8 Å². The van der Waals surface area contributed by atoms with Crippen molar-refractivity contribution in [3.63, 3.8) is 0 Å². The number of H-pyrrole nitrogens is 1. The quantitative estimate of drug-likeness (QED) is 0.734. The van der Waals surface area contributed by atoms with E-state index in [1.807, 2.05) is 17.7 Å². The van der Waals surface area contributed by atoms with Crippen molar-refractivity contribution in [1.29, 1.82) is 0 Å². The van der Waals surface area contributed by atoms with Crippen LogP contribution >= 0.6 is 0 Å². The van der Waals surface area contributed by atoms with Crippen LogP contribution in [0.5, 0.6) is 0 Å². The number of aromatic nitrogens is 4. The zero-order valence-electron chi connectivity index (χ0n) is 14.4. The van der Waals surface area contributed by atoms with Gasteiger partial charge in [0.1, 0.15) is 23.6 Å². The number of ether oxygens (including phenoxy) is 1. The minimum atomic E-state index is -0.338. The maximum absolute atomic E-state index is 13.3. The van der Waals surface area contributed by atoms with Gasteiger partial charge in [-0.3, -0.25) is 4.79 Å². The number of halogens is 1. The fourth-order valence-corrected chi connectivity index (χ4v) is 3.38. The SMILES string of the molecule is CCn1ccnc1[C@@H]1OCC[C@H]1C(=O)NCc1nc2ccc(F)cc2[nH]1. The van der Waals surface area contributed by atoms with Crippen LogP contribution < -0.4 is 5.32 Å². The number of imidazole rings is 2. The van der Waals surface area contributed by atoms with Gasteiger partial charge in [0, 0.05) is 25.5 Å². The van der Waals surface area contributed by atoms with Gasteiger partial charge in [0.25, 0.3) is 0 Å². The molecule has 0 spiro atoms. The van der Waals surface area contributed by atoms with Gasteiger partial charge in [0.15, 0.2) is 0 Å². The lowest BCUT2D eigenvalue weighted by Gasteiger charge is -2.18. The largest absolute Gasteiger partial charge is 0.369 e. The Hall–Kier alpha value is -2.74. The van der Waals surface area contributed by atoms with Crippen LogP contribution in [0.15, 0.2) is 30.6 Å². The first-order valence-corrected chi connectivity index (χ1v) is 8.70. The van der Waals surface area contributed by atoms with E-state index in [9.17, 15) is 9.18 Å². The van der Waals surface area contributed by atoms with Crippen molar-refractivity contribution < 1.29 is 13.9 Å². The van der Waals surface area contributed by atoms with Crippen LogP contribution in [0, 0.1) is 11.7 Å². The van der Waals surface area contributed by atoms with Gasteiger partial charge in [-0.05, 0) is 31.5 Å². The van der Waals surface area contributed by atoms with Crippen molar-refractivity contribution in [2.75, 3.05) is 6.61 Å². The van der Waals surface area contributed by atoms with Crippen molar-refractivity contribution in [1.82, 2.24) is 24.8 Å². The first kappa shape index (κ1) is 16.7. The summed E-state index contributed by atoms with van der Waals surface area (Å²) in [7, 11) is 0. The predicted octanol–water partition coefficient (Wildman–Crippen LogP) is 2.31. The van der Waals surface area contributed by atoms with Gasteiger partial charge in [0.05, 0.1) is 23.5 Å². The number of aromatic amines is 1. The van der Waals surface area contributed by atoms with Gasteiger partial charge in [-0.25, -0.2) is 14.4 Å². The lowest BCUT2D eigenvalue weighted by atomic mass is 10.00. The molecule has 1 saturated heterocycles. The molecule has 1 aromatic carbocycles. The van der Waals surface area contributed by atoms with Crippen molar-refractivity contribution in [2.24, 2.45) is 5.92 Å². The number of nitrogens with zero attached hydrogens (tertiary/aromatic N) is 3. The summed E-state index contributed by atoms with van der Waals surface area (Å²) < 4.78 is 21.0. The number of benzene rings is 1. The fourth-order valence-electron chi connectivity index (χ4n) is 3.38. The Morgan fingerprint density at radius 2 is 2.38 bits per heavy atom. The number of carbonyl (C=O) groups is 1. The number of amides is 1. The maximum Gasteiger partial charge on any atom is 0.226 e. The second-order valence-electron chi connectivity index (χ2n) is 6.32. The van der Waals surface area contributed by atoms with Gasteiger partial charge in [-0.1, -0.05) is 0 Å². The minimum absolute atomic E-state index is 0.0928. The Kier molecular flexibility index (Phi) is 4.42. The molecule has 1 amide bonds. The molecular weight excluding hydrogens is 337 g/mol. The van der Waals surface area contributed by atoms with Gasteiger partial charge in [-0.15, -0.1) is 0 Å². The number of hydrogen-bond acceptors (Lipinski definition) is 4. The molecule has 0 radical (unpaired) electrons. The van der Waals surface area contributed by atoms with Crippen molar-refractivity contribution in [2.45, 2.75) is 32.5 Å². The Labute approximate surface area is 149 Å². The Bertz CT molecular complexity index is 935. The molecule has 2 aromatic heterocycles. The number of aryl methyl sites for hydroxylation is 1. The third-order valence-electron chi connectivity index (χ3n) is 4.69. The smallest absolute Gasteiger partial charge is 0.226 e. The molecule has 3 aromatic rings. The molecule has 4 rings (SSSR count). The molecule has 2 N–H and O–H groups in total. The van der Waals surface area contributed by atoms with E-state index < -0.39 is 0 Å². The normalized spacial score (nSPS) is 19.9. The van der Waals surface area contributed by atoms with Gasteiger partial charge < -0.3 is 19.6 Å². The number of fused-ring (bicyclic) bond motifs is 1. The minimum Gasteiger partial charge on any atom is -0.369 e. The summed E-state index contributed by atoms with van der Waals surface area (Å²) in [4.78, 5) is 24.4. The molecule has 0 saturated carbocycles. The lowest BCUT2D eigenvalue weighted by Crippen LogP contribution is -2.33. The molecule has 0 bridgehead atoms. The van der Waals surface area contributed by atoms with Crippen LogP contribution in [0.3, 0.4) is 0 Å². The van der Waals surface area contributed by atoms with Gasteiger partial charge in [0.2, 0.25) is 5.91 Å². The van der Waals surface area contributed by atoms with E-state index in [1.165, 1.54) is 12.1 Å². The van der Waals surface area contributed by atoms with E-state index in [0.29, 0.717) is 29.9 Å². The summed E-state index contributed by atoms with van der Waals surface area (Å²) in [5.41, 5.74) is 1.28. The number of nitrogens with one attached hydrogen (secondary N) is 2. The molecule has 1 aliphatic rings. The highest BCUT2D eigenvalue weighted by Gasteiger charge is 2.37. The maximum atomic E-state index is 13.3. The van der Waals surface area contributed by atoms with Crippen LogP contribution in [-0.2, 0) is 22.6 Å². The number of carbonyl (C=O) groups excluding carboxylic acids is 1. The second kappa shape index (κ2) is 6.87. The predicted molar refractivity (Wildman–Crippen MR) is 92.6 cm³/mol. The zero-order chi connectivity index (χ0) is 18.1. The lowest BCUT2D eigenvalue weighted by molar-refractivity contribution is -0.127. The van der Waals surface area contributed by atoms with E-state index in [1.54, 1.807) is 12.3 Å². The number of rotatable bonds is 5. The van der Waals surface area contributed by atoms with Crippen LogP contribution in [-0.4, -0.2) is 32.0 Å². The van der Waals surface area contributed by atoms with Crippen LogP contribution in [0.2, 0.25) is 0 Å². The molecule has 0 aliphatic carbocycles. The molecule has 3 heterocycles. The monoisotopic (exact) mass is 357 g/mol. The van der Waals surface area contributed by atoms with E-state index in [2.05, 4.69) is 20.3 Å². The first-order valence-electron chi connectivity index (χ1n) is 8.70. The van der Waals surface area contributed by atoms with E-state index >= 15 is 0 Å². The molecule has 26 heavy (non-hydrogen) atoms. The standard InChI is InChI=1S/C18H20FN5O2/c1-2-24-7-6-20-17(24)16-12(5-8-26-16)18(25)21-10-15-22-13-4-3-11(19)9-14(13)23-15/h3-4,6-7,9,12,16H,2,5,8,10H2,1H3,(H,21,25)(H,22,23)/t12-,16-/m1/s1. The van der Waals surface area contributed by atoms with E-state index in [-0.39, 0.29) is 30.3 Å². The second-order valence-corrected chi connectivity index (χ2v) is 6.32. The highest BCUT2D eigenvalue weighted by Crippen LogP contribution is 2.33. The highest BCUT2D eigenvalue weighted by atomic mass is 19.1. The highest BCUT2D eigenvalue weighted by molar-refractivity contribution is 5.80. The van der Waals surface area contributed by atoms with Crippen molar-refractivity contribution in [3.05, 3.63) is 48.1 Å². The third-order valence-corrected chi connectivity index (χ3v) is 4.69. The van der Waals surface area contributed by atoms with E-state index in [0.717, 1.165) is 12.4 Å². The fraction of sp³-hybridized carbons (Fsp3) is 0.389. The Balaban J connectivity index is 1.45. The summed E-state index contributed by atoms with van der Waals surface area (Å²) in [6.45, 7) is 3.59. The van der Waals surface area contributed by atoms with Crippen molar-refractivity contribution in [3.8, 4) is 0 Å². The molecule has 7 nitrogen and oxygen atoms in total. The summed E-state index contributed by atoms with van der Waals surface area (Å²) >= 11 is 0. The summed E-state index contributed by atoms with van der Waals surface area (Å²) in [6, 6.07) is 4.36. The molecular formula is C18H20FN5O2. The molecule has 1 fully saturated rings. The average Bonchev–Trinajstić information content (AvgIpc) is 3.36. The van der Waals surface area contributed by atoms with Crippen LogP contribution in [0.4, 0.5) is 4.39 Å². The van der Waals surface area contributed by atoms with Crippen LogP contribution in [0.1, 0.15) is 31.1 Å².